The first-order chi connectivity index (χ1) is 16.0. The number of carbonyl (C=O) groups excluding carboxylic acids is 1. The molecule has 5 rings (SSSR count). The van der Waals surface area contributed by atoms with Gasteiger partial charge in [-0.1, -0.05) is 48.9 Å². The maximum Gasteiger partial charge on any atom is 0.262 e. The van der Waals surface area contributed by atoms with Gasteiger partial charge in [0.15, 0.2) is 3.95 Å². The first-order valence-electron chi connectivity index (χ1n) is 11.5. The lowest BCUT2D eigenvalue weighted by atomic mass is 10.00. The summed E-state index contributed by atoms with van der Waals surface area (Å²) in [5.41, 5.74) is 3.51. The van der Waals surface area contributed by atoms with Crippen molar-refractivity contribution in [2.24, 2.45) is 0 Å². The van der Waals surface area contributed by atoms with Crippen LogP contribution in [0.5, 0.6) is 0 Å². The number of aromatic nitrogens is 2. The molecule has 1 amide bonds. The number of hydrogen-bond donors (Lipinski definition) is 0. The molecular weight excluding hydrogens is 450 g/mol. The molecule has 33 heavy (non-hydrogen) atoms. The standard InChI is InChI=1S/C26H27N3O2S2/c1-3-19-8-6-7-15-27(19)22(30)16-28-24-23(18-13-11-17(2)12-14-18)33-26(32)29(24)21-10-5-4-9-20(21)25(28)31/h4-5,9-14,19H,3,6-8,15-16H2,1-2H3/t19-/m1/s1. The molecule has 0 spiro atoms. The van der Waals surface area contributed by atoms with Gasteiger partial charge in [0, 0.05) is 12.6 Å². The van der Waals surface area contributed by atoms with E-state index in [1.807, 2.05) is 33.6 Å². The van der Waals surface area contributed by atoms with Gasteiger partial charge >= 0.3 is 0 Å². The van der Waals surface area contributed by atoms with Gasteiger partial charge in [-0.3, -0.25) is 18.6 Å². The minimum atomic E-state index is -0.148. The smallest absolute Gasteiger partial charge is 0.262 e. The quantitative estimate of drug-likeness (QED) is 0.348. The maximum absolute atomic E-state index is 13.7. The maximum atomic E-state index is 13.7. The van der Waals surface area contributed by atoms with Crippen molar-refractivity contribution in [3.63, 3.8) is 0 Å². The highest BCUT2D eigenvalue weighted by Gasteiger charge is 2.27. The Hall–Kier alpha value is -2.77. The van der Waals surface area contributed by atoms with Crippen LogP contribution in [-0.4, -0.2) is 32.4 Å². The Labute approximate surface area is 201 Å². The van der Waals surface area contributed by atoms with E-state index in [-0.39, 0.29) is 24.1 Å². The Kier molecular flexibility index (Phi) is 5.93. The second-order valence-corrected chi connectivity index (χ2v) is 10.4. The first kappa shape index (κ1) is 22.0. The fraction of sp³-hybridized carbons (Fsp3) is 0.346. The van der Waals surface area contributed by atoms with Crippen molar-refractivity contribution in [2.75, 3.05) is 6.54 Å². The molecule has 0 aliphatic carbocycles. The van der Waals surface area contributed by atoms with Crippen molar-refractivity contribution in [3.8, 4) is 10.4 Å². The highest BCUT2D eigenvalue weighted by atomic mass is 32.1. The van der Waals surface area contributed by atoms with E-state index in [9.17, 15) is 9.59 Å². The summed E-state index contributed by atoms with van der Waals surface area (Å²) in [5.74, 6) is 0.00723. The molecule has 1 atom stereocenters. The third-order valence-corrected chi connectivity index (χ3v) is 8.10. The largest absolute Gasteiger partial charge is 0.338 e. The number of rotatable bonds is 4. The van der Waals surface area contributed by atoms with Crippen molar-refractivity contribution in [3.05, 3.63) is 68.4 Å². The molecular formula is C26H27N3O2S2. The summed E-state index contributed by atoms with van der Waals surface area (Å²) in [7, 11) is 0. The number of amides is 1. The van der Waals surface area contributed by atoms with Gasteiger partial charge in [-0.05, 0) is 62.5 Å². The minimum Gasteiger partial charge on any atom is -0.338 e. The number of likely N-dealkylation sites (tertiary alicyclic amines) is 1. The molecule has 2 aromatic carbocycles. The molecule has 0 unspecified atom stereocenters. The summed E-state index contributed by atoms with van der Waals surface area (Å²) < 4.78 is 4.28. The molecule has 1 aliphatic rings. The van der Waals surface area contributed by atoms with Crippen LogP contribution < -0.4 is 5.56 Å². The van der Waals surface area contributed by atoms with E-state index in [4.69, 9.17) is 12.2 Å². The normalized spacial score (nSPS) is 16.5. The average molecular weight is 478 g/mol. The molecule has 0 radical (unpaired) electrons. The van der Waals surface area contributed by atoms with E-state index in [0.29, 0.717) is 15.0 Å². The van der Waals surface area contributed by atoms with Crippen LogP contribution in [0.1, 0.15) is 38.2 Å². The van der Waals surface area contributed by atoms with Crippen molar-refractivity contribution in [2.45, 2.75) is 52.1 Å². The molecule has 0 saturated carbocycles. The van der Waals surface area contributed by atoms with E-state index < -0.39 is 0 Å². The number of thiazole rings is 1. The molecule has 7 heteroatoms. The highest BCUT2D eigenvalue weighted by Crippen LogP contribution is 2.33. The monoisotopic (exact) mass is 477 g/mol. The van der Waals surface area contributed by atoms with E-state index in [1.54, 1.807) is 4.57 Å². The van der Waals surface area contributed by atoms with Crippen LogP contribution in [0.2, 0.25) is 0 Å². The van der Waals surface area contributed by atoms with Crippen LogP contribution in [0.25, 0.3) is 27.0 Å². The zero-order valence-electron chi connectivity index (χ0n) is 18.9. The summed E-state index contributed by atoms with van der Waals surface area (Å²) in [6.07, 6.45) is 4.14. The number of nitrogens with zero attached hydrogens (tertiary/aromatic N) is 3. The van der Waals surface area contributed by atoms with E-state index in [2.05, 4.69) is 38.1 Å². The molecule has 4 aromatic rings. The topological polar surface area (TPSA) is 46.7 Å². The van der Waals surface area contributed by atoms with Gasteiger partial charge in [0.1, 0.15) is 12.2 Å². The number of carbonyl (C=O) groups is 1. The van der Waals surface area contributed by atoms with Gasteiger partial charge in [0.05, 0.1) is 15.8 Å². The Morgan fingerprint density at radius 1 is 1.12 bits per heavy atom. The minimum absolute atomic E-state index is 0.00723. The van der Waals surface area contributed by atoms with Crippen LogP contribution >= 0.6 is 23.6 Å². The van der Waals surface area contributed by atoms with Crippen molar-refractivity contribution in [1.82, 2.24) is 13.9 Å². The second-order valence-electron chi connectivity index (χ2n) is 8.78. The zero-order chi connectivity index (χ0) is 23.1. The predicted molar refractivity (Wildman–Crippen MR) is 138 cm³/mol. The third-order valence-electron chi connectivity index (χ3n) is 6.69. The van der Waals surface area contributed by atoms with Gasteiger partial charge in [-0.25, -0.2) is 0 Å². The molecule has 3 heterocycles. The average Bonchev–Trinajstić information content (AvgIpc) is 3.19. The Morgan fingerprint density at radius 3 is 2.64 bits per heavy atom. The number of aryl methyl sites for hydroxylation is 1. The van der Waals surface area contributed by atoms with Crippen molar-refractivity contribution >= 4 is 46.0 Å². The van der Waals surface area contributed by atoms with E-state index in [1.165, 1.54) is 16.9 Å². The zero-order valence-corrected chi connectivity index (χ0v) is 20.5. The first-order valence-corrected chi connectivity index (χ1v) is 12.8. The Balaban J connectivity index is 1.75. The summed E-state index contributed by atoms with van der Waals surface area (Å²) >= 11 is 7.26. The lowest BCUT2D eigenvalue weighted by Crippen LogP contribution is -2.46. The third kappa shape index (κ3) is 3.83. The summed E-state index contributed by atoms with van der Waals surface area (Å²) in [4.78, 5) is 30.1. The summed E-state index contributed by atoms with van der Waals surface area (Å²) in [6.45, 7) is 4.96. The lowest BCUT2D eigenvalue weighted by molar-refractivity contribution is -0.135. The molecule has 1 saturated heterocycles. The summed E-state index contributed by atoms with van der Waals surface area (Å²) in [5, 5.41) is 0.577. The van der Waals surface area contributed by atoms with Gasteiger partial charge < -0.3 is 4.90 Å². The van der Waals surface area contributed by atoms with Crippen molar-refractivity contribution < 1.29 is 4.79 Å². The van der Waals surface area contributed by atoms with E-state index >= 15 is 0 Å². The molecule has 1 aliphatic heterocycles. The molecule has 2 aromatic heterocycles. The lowest BCUT2D eigenvalue weighted by Gasteiger charge is -2.35. The van der Waals surface area contributed by atoms with Crippen molar-refractivity contribution in [1.29, 1.82) is 0 Å². The Bertz CT molecular complexity index is 1460. The van der Waals surface area contributed by atoms with E-state index in [0.717, 1.165) is 48.2 Å². The predicted octanol–water partition coefficient (Wildman–Crippen LogP) is 5.81. The summed E-state index contributed by atoms with van der Waals surface area (Å²) in [6, 6.07) is 16.0. The fourth-order valence-electron chi connectivity index (χ4n) is 4.93. The van der Waals surface area contributed by atoms with Gasteiger partial charge in [0.25, 0.3) is 5.56 Å². The highest BCUT2D eigenvalue weighted by molar-refractivity contribution is 7.73. The number of fused-ring (bicyclic) bond motifs is 3. The SMILES string of the molecule is CC[C@@H]1CCCCN1C(=O)Cn1c(=O)c2ccccc2n2c(=S)sc(-c3ccc(C)cc3)c12. The molecule has 0 N–H and O–H groups in total. The molecule has 1 fully saturated rings. The fourth-order valence-corrected chi connectivity index (χ4v) is 6.36. The number of para-hydroxylation sites is 1. The van der Waals surface area contributed by atoms with Gasteiger partial charge in [0.2, 0.25) is 5.91 Å². The van der Waals surface area contributed by atoms with Crippen LogP contribution in [0.3, 0.4) is 0 Å². The molecule has 5 nitrogen and oxygen atoms in total. The second kappa shape index (κ2) is 8.88. The Morgan fingerprint density at radius 2 is 1.88 bits per heavy atom. The number of piperidine rings is 1. The molecule has 170 valence electrons. The van der Waals surface area contributed by atoms with Crippen LogP contribution in [0.4, 0.5) is 0 Å². The number of benzene rings is 2. The van der Waals surface area contributed by atoms with Gasteiger partial charge in [-0.2, -0.15) is 0 Å². The van der Waals surface area contributed by atoms with Crippen LogP contribution in [0, 0.1) is 10.9 Å². The number of hydrogen-bond acceptors (Lipinski definition) is 4. The van der Waals surface area contributed by atoms with Crippen LogP contribution in [0.15, 0.2) is 53.3 Å². The van der Waals surface area contributed by atoms with Gasteiger partial charge in [-0.15, -0.1) is 11.3 Å². The molecule has 0 bridgehead atoms. The van der Waals surface area contributed by atoms with Crippen LogP contribution in [-0.2, 0) is 11.3 Å².